The molecule has 0 fully saturated rings. The number of aryl methyl sites for hydroxylation is 1. The van der Waals surface area contributed by atoms with Crippen molar-refractivity contribution in [2.45, 2.75) is 40.7 Å². The number of aromatic nitrogens is 2. The van der Waals surface area contributed by atoms with Crippen molar-refractivity contribution in [3.05, 3.63) is 35.2 Å². The molecule has 0 amide bonds. The standard InChI is InChI=1S/C18H20N4S/c1-10(2)9-15-21-16-11(3)7-6-8-14(16)22(15)17-12(4)19-18(23)20-13(17)5/h6-9,17H,1-5H3. The Morgan fingerprint density at radius 1 is 1.13 bits per heavy atom. The molecule has 1 aliphatic heterocycles. The molecule has 0 N–H and O–H groups in total. The largest absolute Gasteiger partial charge is 0.310 e. The monoisotopic (exact) mass is 324 g/mol. The molecule has 5 heteroatoms. The summed E-state index contributed by atoms with van der Waals surface area (Å²) in [4.78, 5) is 13.7. The number of imidazole rings is 1. The van der Waals surface area contributed by atoms with Crippen molar-refractivity contribution in [1.82, 2.24) is 9.55 Å². The van der Waals surface area contributed by atoms with Gasteiger partial charge in [0.2, 0.25) is 5.11 Å². The van der Waals surface area contributed by atoms with Crippen molar-refractivity contribution in [3.8, 4) is 0 Å². The van der Waals surface area contributed by atoms with Gasteiger partial charge in [0, 0.05) is 11.4 Å². The van der Waals surface area contributed by atoms with Gasteiger partial charge < -0.3 is 4.57 Å². The predicted octanol–water partition coefficient (Wildman–Crippen LogP) is 4.53. The quantitative estimate of drug-likeness (QED) is 0.762. The number of para-hydroxylation sites is 1. The van der Waals surface area contributed by atoms with E-state index in [2.05, 4.69) is 59.6 Å². The van der Waals surface area contributed by atoms with Crippen LogP contribution in [-0.2, 0) is 0 Å². The Hall–Kier alpha value is -2.14. The lowest BCUT2D eigenvalue weighted by molar-refractivity contribution is 0.794. The zero-order valence-corrected chi connectivity index (χ0v) is 14.9. The second-order valence-corrected chi connectivity index (χ2v) is 6.56. The zero-order chi connectivity index (χ0) is 16.7. The highest BCUT2D eigenvalue weighted by Crippen LogP contribution is 2.28. The van der Waals surface area contributed by atoms with Gasteiger partial charge in [-0.05, 0) is 64.5 Å². The van der Waals surface area contributed by atoms with Gasteiger partial charge in [-0.2, -0.15) is 0 Å². The van der Waals surface area contributed by atoms with Crippen LogP contribution in [0.4, 0.5) is 0 Å². The number of nitrogens with zero attached hydrogens (tertiary/aromatic N) is 4. The molecule has 1 aliphatic rings. The lowest BCUT2D eigenvalue weighted by atomic mass is 10.1. The van der Waals surface area contributed by atoms with E-state index < -0.39 is 0 Å². The van der Waals surface area contributed by atoms with Gasteiger partial charge in [0.1, 0.15) is 11.9 Å². The Balaban J connectivity index is 2.33. The third-order valence-corrected chi connectivity index (χ3v) is 4.14. The second-order valence-electron chi connectivity index (χ2n) is 6.20. The highest BCUT2D eigenvalue weighted by atomic mass is 32.1. The highest BCUT2D eigenvalue weighted by Gasteiger charge is 2.26. The first-order valence-corrected chi connectivity index (χ1v) is 8.06. The molecule has 3 rings (SSSR count). The average molecular weight is 324 g/mol. The van der Waals surface area contributed by atoms with Crippen LogP contribution < -0.4 is 0 Å². The maximum absolute atomic E-state index is 5.15. The number of fused-ring (bicyclic) bond motifs is 1. The first-order chi connectivity index (χ1) is 10.9. The van der Waals surface area contributed by atoms with Crippen molar-refractivity contribution in [3.63, 3.8) is 0 Å². The fourth-order valence-electron chi connectivity index (χ4n) is 3.03. The molecule has 0 unspecified atom stereocenters. The van der Waals surface area contributed by atoms with Crippen molar-refractivity contribution < 1.29 is 0 Å². The number of hydrogen-bond donors (Lipinski definition) is 0. The SMILES string of the molecule is CC(C)=Cc1nc2c(C)cccc2n1C1C(C)=NC(=S)N=C1C. The Bertz CT molecular complexity index is 873. The first-order valence-electron chi connectivity index (χ1n) is 7.65. The molecule has 1 aromatic carbocycles. The van der Waals surface area contributed by atoms with E-state index >= 15 is 0 Å². The normalized spacial score (nSPS) is 15.6. The molecule has 2 heterocycles. The number of aliphatic imine (C=N–C) groups is 2. The molecule has 0 atom stereocenters. The van der Waals surface area contributed by atoms with Crippen molar-refractivity contribution >= 4 is 45.9 Å². The van der Waals surface area contributed by atoms with E-state index in [0.29, 0.717) is 5.11 Å². The molecular formula is C18H20N4S. The van der Waals surface area contributed by atoms with E-state index in [1.165, 1.54) is 11.1 Å². The third kappa shape index (κ3) is 2.77. The average Bonchev–Trinajstić information content (AvgIpc) is 2.77. The number of benzene rings is 1. The van der Waals surface area contributed by atoms with Crippen LogP contribution in [0.15, 0.2) is 33.8 Å². The van der Waals surface area contributed by atoms with Crippen LogP contribution in [-0.4, -0.2) is 26.1 Å². The summed E-state index contributed by atoms with van der Waals surface area (Å²) in [5.41, 5.74) is 6.39. The van der Waals surface area contributed by atoms with Gasteiger partial charge in [-0.15, -0.1) is 0 Å². The third-order valence-electron chi connectivity index (χ3n) is 3.96. The minimum atomic E-state index is -0.0425. The predicted molar refractivity (Wildman–Crippen MR) is 102 cm³/mol. The summed E-state index contributed by atoms with van der Waals surface area (Å²) in [5.74, 6) is 0.927. The molecule has 0 radical (unpaired) electrons. The highest BCUT2D eigenvalue weighted by molar-refractivity contribution is 7.80. The molecule has 0 bridgehead atoms. The van der Waals surface area contributed by atoms with Gasteiger partial charge in [-0.1, -0.05) is 17.7 Å². The lowest BCUT2D eigenvalue weighted by Crippen LogP contribution is -2.29. The van der Waals surface area contributed by atoms with Gasteiger partial charge >= 0.3 is 0 Å². The maximum Gasteiger partial charge on any atom is 0.219 e. The van der Waals surface area contributed by atoms with Gasteiger partial charge in [0.15, 0.2) is 0 Å². The number of allylic oxidation sites excluding steroid dienone is 1. The Morgan fingerprint density at radius 2 is 1.78 bits per heavy atom. The van der Waals surface area contributed by atoms with Crippen molar-refractivity contribution in [2.75, 3.05) is 0 Å². The molecule has 118 valence electrons. The Kier molecular flexibility index (Phi) is 3.98. The molecule has 2 aromatic rings. The maximum atomic E-state index is 5.15. The molecule has 0 saturated heterocycles. The van der Waals surface area contributed by atoms with Crippen molar-refractivity contribution in [2.24, 2.45) is 9.98 Å². The molecular weight excluding hydrogens is 304 g/mol. The van der Waals surface area contributed by atoms with Gasteiger partial charge in [0.05, 0.1) is 11.0 Å². The van der Waals surface area contributed by atoms with Crippen LogP contribution >= 0.6 is 12.2 Å². The van der Waals surface area contributed by atoms with E-state index in [-0.39, 0.29) is 6.04 Å². The summed E-state index contributed by atoms with van der Waals surface area (Å²) in [6.07, 6.45) is 2.10. The Morgan fingerprint density at radius 3 is 2.39 bits per heavy atom. The van der Waals surface area contributed by atoms with E-state index in [9.17, 15) is 0 Å². The summed E-state index contributed by atoms with van der Waals surface area (Å²) in [7, 11) is 0. The number of hydrogen-bond acceptors (Lipinski definition) is 2. The molecule has 4 nitrogen and oxygen atoms in total. The number of thiocarbonyl (C=S) groups is 1. The molecule has 0 saturated carbocycles. The fourth-order valence-corrected chi connectivity index (χ4v) is 3.32. The lowest BCUT2D eigenvalue weighted by Gasteiger charge is -2.24. The van der Waals surface area contributed by atoms with E-state index in [0.717, 1.165) is 28.3 Å². The topological polar surface area (TPSA) is 42.5 Å². The van der Waals surface area contributed by atoms with E-state index in [1.54, 1.807) is 0 Å². The van der Waals surface area contributed by atoms with Crippen LogP contribution in [0.1, 0.15) is 45.1 Å². The summed E-state index contributed by atoms with van der Waals surface area (Å²) in [6, 6.07) is 6.21. The minimum absolute atomic E-state index is 0.0425. The van der Waals surface area contributed by atoms with Crippen LogP contribution in [0.25, 0.3) is 17.1 Å². The molecule has 23 heavy (non-hydrogen) atoms. The smallest absolute Gasteiger partial charge is 0.219 e. The van der Waals surface area contributed by atoms with Crippen molar-refractivity contribution in [1.29, 1.82) is 0 Å². The first kappa shape index (κ1) is 15.7. The van der Waals surface area contributed by atoms with E-state index in [4.69, 9.17) is 17.2 Å². The molecule has 0 spiro atoms. The Labute approximate surface area is 141 Å². The van der Waals surface area contributed by atoms with Crippen LogP contribution in [0.2, 0.25) is 0 Å². The molecule has 0 aliphatic carbocycles. The summed E-state index contributed by atoms with van der Waals surface area (Å²) in [5, 5.41) is 0.403. The van der Waals surface area contributed by atoms with Gasteiger partial charge in [-0.3, -0.25) is 0 Å². The number of rotatable bonds is 2. The van der Waals surface area contributed by atoms with Crippen LogP contribution in [0.3, 0.4) is 0 Å². The van der Waals surface area contributed by atoms with Gasteiger partial charge in [0.25, 0.3) is 0 Å². The zero-order valence-electron chi connectivity index (χ0n) is 14.1. The summed E-state index contributed by atoms with van der Waals surface area (Å²) >= 11 is 5.15. The van der Waals surface area contributed by atoms with Crippen LogP contribution in [0, 0.1) is 6.92 Å². The second kappa shape index (κ2) is 5.81. The summed E-state index contributed by atoms with van der Waals surface area (Å²) in [6.45, 7) is 10.2. The minimum Gasteiger partial charge on any atom is -0.310 e. The molecule has 1 aromatic heterocycles. The summed E-state index contributed by atoms with van der Waals surface area (Å²) < 4.78 is 2.22. The van der Waals surface area contributed by atoms with E-state index in [1.807, 2.05) is 13.8 Å². The van der Waals surface area contributed by atoms with Crippen LogP contribution in [0.5, 0.6) is 0 Å². The van der Waals surface area contributed by atoms with Gasteiger partial charge in [-0.25, -0.2) is 15.0 Å². The fraction of sp³-hybridized carbons (Fsp3) is 0.333.